The van der Waals surface area contributed by atoms with Gasteiger partial charge in [0, 0.05) is 31.1 Å². The van der Waals surface area contributed by atoms with Gasteiger partial charge < -0.3 is 14.1 Å². The molecule has 0 bridgehead atoms. The molecule has 1 saturated heterocycles. The normalized spacial score (nSPS) is 18.5. The molecule has 1 unspecified atom stereocenters. The number of nitrogens with zero attached hydrogens (tertiary/aromatic N) is 2. The van der Waals surface area contributed by atoms with E-state index in [0.29, 0.717) is 16.7 Å². The molecule has 1 atom stereocenters. The average molecular weight is 346 g/mol. The van der Waals surface area contributed by atoms with Crippen molar-refractivity contribution < 1.29 is 13.9 Å². The first-order valence-electron chi connectivity index (χ1n) is 8.20. The van der Waals surface area contributed by atoms with Gasteiger partial charge in [-0.05, 0) is 38.5 Å². The molecule has 6 heteroatoms. The van der Waals surface area contributed by atoms with Crippen LogP contribution in [0.25, 0.3) is 0 Å². The van der Waals surface area contributed by atoms with Crippen LogP contribution in [0.3, 0.4) is 0 Å². The van der Waals surface area contributed by atoms with Crippen molar-refractivity contribution in [3.05, 3.63) is 48.0 Å². The topological polar surface area (TPSA) is 55.6 Å². The van der Waals surface area contributed by atoms with E-state index in [2.05, 4.69) is 4.98 Å². The summed E-state index contributed by atoms with van der Waals surface area (Å²) in [5.41, 5.74) is 0.604. The highest BCUT2D eigenvalue weighted by molar-refractivity contribution is 7.99. The molecule has 128 valence electrons. The summed E-state index contributed by atoms with van der Waals surface area (Å²) in [6, 6.07) is 7.46. The quantitative estimate of drug-likeness (QED) is 0.843. The number of hydrogen-bond donors (Lipinski definition) is 0. The number of amides is 1. The molecule has 2 aromatic heterocycles. The van der Waals surface area contributed by atoms with Gasteiger partial charge in [0.25, 0.3) is 5.91 Å². The first-order chi connectivity index (χ1) is 11.6. The smallest absolute Gasteiger partial charge is 0.255 e. The number of rotatable bonds is 4. The molecule has 1 amide bonds. The summed E-state index contributed by atoms with van der Waals surface area (Å²) in [4.78, 5) is 18.8. The van der Waals surface area contributed by atoms with Crippen LogP contribution in [0.1, 0.15) is 41.6 Å². The number of furan rings is 1. The molecule has 0 spiro atoms. The standard InChI is InChI=1S/C18H22N2O3S/c1-13(2)23-17-6-5-14(12-19-17)18(21)20-8-7-16(24-11-9-20)15-4-3-10-22-15/h3-6,10,12-13,16H,7-9,11H2,1-2H3. The first kappa shape index (κ1) is 16.9. The number of ether oxygens (including phenoxy) is 1. The van der Waals surface area contributed by atoms with Gasteiger partial charge in [-0.15, -0.1) is 11.8 Å². The minimum Gasteiger partial charge on any atom is -0.475 e. The van der Waals surface area contributed by atoms with Crippen LogP contribution in [-0.4, -0.2) is 40.7 Å². The summed E-state index contributed by atoms with van der Waals surface area (Å²) in [6.45, 7) is 5.36. The largest absolute Gasteiger partial charge is 0.475 e. The Bertz CT molecular complexity index is 655. The molecule has 2 aromatic rings. The summed E-state index contributed by atoms with van der Waals surface area (Å²) in [7, 11) is 0. The molecular weight excluding hydrogens is 324 g/mol. The molecule has 24 heavy (non-hydrogen) atoms. The highest BCUT2D eigenvalue weighted by atomic mass is 32.2. The van der Waals surface area contributed by atoms with Gasteiger partial charge in [-0.2, -0.15) is 0 Å². The maximum Gasteiger partial charge on any atom is 0.255 e. The molecule has 0 aliphatic carbocycles. The Morgan fingerprint density at radius 1 is 1.38 bits per heavy atom. The summed E-state index contributed by atoms with van der Waals surface area (Å²) >= 11 is 1.84. The Labute approximate surface area is 146 Å². The Balaban J connectivity index is 1.62. The van der Waals surface area contributed by atoms with E-state index < -0.39 is 0 Å². The molecule has 0 radical (unpaired) electrons. The summed E-state index contributed by atoms with van der Waals surface area (Å²) in [5, 5.41) is 0.317. The van der Waals surface area contributed by atoms with Crippen molar-refractivity contribution >= 4 is 17.7 Å². The molecular formula is C18H22N2O3S. The minimum absolute atomic E-state index is 0.0271. The molecule has 1 fully saturated rings. The van der Waals surface area contributed by atoms with Crippen LogP contribution in [-0.2, 0) is 0 Å². The summed E-state index contributed by atoms with van der Waals surface area (Å²) in [6.07, 6.45) is 4.27. The number of carbonyl (C=O) groups is 1. The Hall–Kier alpha value is -1.95. The van der Waals surface area contributed by atoms with Crippen molar-refractivity contribution in [2.24, 2.45) is 0 Å². The van der Waals surface area contributed by atoms with Crippen molar-refractivity contribution in [2.45, 2.75) is 31.6 Å². The van der Waals surface area contributed by atoms with Crippen LogP contribution >= 0.6 is 11.8 Å². The maximum absolute atomic E-state index is 12.7. The van der Waals surface area contributed by atoms with Crippen LogP contribution in [0.2, 0.25) is 0 Å². The van der Waals surface area contributed by atoms with E-state index in [0.717, 1.165) is 31.0 Å². The predicted octanol–water partition coefficient (Wildman–Crippen LogP) is 3.78. The zero-order valence-electron chi connectivity index (χ0n) is 14.0. The van der Waals surface area contributed by atoms with E-state index in [9.17, 15) is 4.79 Å². The highest BCUT2D eigenvalue weighted by Crippen LogP contribution is 2.34. The lowest BCUT2D eigenvalue weighted by Gasteiger charge is -2.20. The lowest BCUT2D eigenvalue weighted by atomic mass is 10.2. The third kappa shape index (κ3) is 4.12. The van der Waals surface area contributed by atoms with Crippen LogP contribution < -0.4 is 4.74 Å². The predicted molar refractivity (Wildman–Crippen MR) is 94.4 cm³/mol. The van der Waals surface area contributed by atoms with Gasteiger partial charge in [0.2, 0.25) is 5.88 Å². The molecule has 0 aromatic carbocycles. The number of aromatic nitrogens is 1. The highest BCUT2D eigenvalue weighted by Gasteiger charge is 2.24. The number of thioether (sulfide) groups is 1. The fraction of sp³-hybridized carbons (Fsp3) is 0.444. The maximum atomic E-state index is 12.7. The van der Waals surface area contributed by atoms with Gasteiger partial charge in [-0.25, -0.2) is 4.98 Å². The van der Waals surface area contributed by atoms with Crippen LogP contribution in [0, 0.1) is 0 Å². The molecule has 1 aliphatic heterocycles. The number of pyridine rings is 1. The molecule has 3 heterocycles. The molecule has 0 saturated carbocycles. The van der Waals surface area contributed by atoms with E-state index in [4.69, 9.17) is 9.15 Å². The van der Waals surface area contributed by atoms with Crippen molar-refractivity contribution in [1.82, 2.24) is 9.88 Å². The van der Waals surface area contributed by atoms with E-state index in [1.807, 2.05) is 42.6 Å². The third-order valence-corrected chi connectivity index (χ3v) is 5.12. The van der Waals surface area contributed by atoms with Crippen molar-refractivity contribution in [3.63, 3.8) is 0 Å². The van der Waals surface area contributed by atoms with E-state index in [1.165, 1.54) is 0 Å². The van der Waals surface area contributed by atoms with Gasteiger partial charge in [0.15, 0.2) is 0 Å². The van der Waals surface area contributed by atoms with Gasteiger partial charge in [0.1, 0.15) is 5.76 Å². The minimum atomic E-state index is 0.0271. The number of hydrogen-bond acceptors (Lipinski definition) is 5. The lowest BCUT2D eigenvalue weighted by molar-refractivity contribution is 0.0765. The Morgan fingerprint density at radius 3 is 2.92 bits per heavy atom. The monoisotopic (exact) mass is 346 g/mol. The summed E-state index contributed by atoms with van der Waals surface area (Å²) < 4.78 is 11.0. The second kappa shape index (κ2) is 7.75. The molecule has 3 rings (SSSR count). The SMILES string of the molecule is CC(C)Oc1ccc(C(=O)N2CCSC(c3ccco3)CC2)cn1. The second-order valence-electron chi connectivity index (χ2n) is 6.01. The van der Waals surface area contributed by atoms with E-state index in [-0.39, 0.29) is 12.0 Å². The molecule has 5 nitrogen and oxygen atoms in total. The average Bonchev–Trinajstić information content (AvgIpc) is 2.99. The number of carbonyl (C=O) groups excluding carboxylic acids is 1. The van der Waals surface area contributed by atoms with Gasteiger partial charge >= 0.3 is 0 Å². The first-order valence-corrected chi connectivity index (χ1v) is 9.25. The zero-order valence-corrected chi connectivity index (χ0v) is 14.8. The van der Waals surface area contributed by atoms with Crippen LogP contribution in [0.4, 0.5) is 0 Å². The molecule has 0 N–H and O–H groups in total. The van der Waals surface area contributed by atoms with Gasteiger partial charge in [-0.3, -0.25) is 4.79 Å². The van der Waals surface area contributed by atoms with Gasteiger partial charge in [-0.1, -0.05) is 0 Å². The lowest BCUT2D eigenvalue weighted by Crippen LogP contribution is -2.33. The fourth-order valence-corrected chi connectivity index (χ4v) is 3.86. The van der Waals surface area contributed by atoms with E-state index in [1.54, 1.807) is 24.6 Å². The van der Waals surface area contributed by atoms with Crippen molar-refractivity contribution in [3.8, 4) is 5.88 Å². The van der Waals surface area contributed by atoms with Crippen LogP contribution in [0.15, 0.2) is 41.1 Å². The van der Waals surface area contributed by atoms with Crippen LogP contribution in [0.5, 0.6) is 5.88 Å². The Morgan fingerprint density at radius 2 is 2.25 bits per heavy atom. The molecule has 1 aliphatic rings. The Kier molecular flexibility index (Phi) is 5.45. The third-order valence-electron chi connectivity index (χ3n) is 3.83. The van der Waals surface area contributed by atoms with Gasteiger partial charge in [0.05, 0.1) is 23.2 Å². The van der Waals surface area contributed by atoms with E-state index >= 15 is 0 Å². The zero-order chi connectivity index (χ0) is 16.9. The fourth-order valence-electron chi connectivity index (χ4n) is 2.68. The van der Waals surface area contributed by atoms with Crippen molar-refractivity contribution in [2.75, 3.05) is 18.8 Å². The second-order valence-corrected chi connectivity index (χ2v) is 7.32. The summed E-state index contributed by atoms with van der Waals surface area (Å²) in [5.74, 6) is 2.47. The van der Waals surface area contributed by atoms with Crippen molar-refractivity contribution in [1.29, 1.82) is 0 Å².